The molecule has 0 atom stereocenters. The predicted octanol–water partition coefficient (Wildman–Crippen LogP) is 5.70. The molecule has 0 aliphatic heterocycles. The summed E-state index contributed by atoms with van der Waals surface area (Å²) in [6.07, 6.45) is 13.6. The van der Waals surface area contributed by atoms with E-state index in [-0.39, 0.29) is 6.54 Å². The number of benzene rings is 1. The molecule has 1 aromatic carbocycles. The van der Waals surface area contributed by atoms with E-state index in [1.54, 1.807) is 12.3 Å². The molecule has 0 saturated heterocycles. The minimum atomic E-state index is -3.43. The van der Waals surface area contributed by atoms with Gasteiger partial charge in [-0.05, 0) is 90.0 Å². The summed E-state index contributed by atoms with van der Waals surface area (Å²) >= 11 is 0. The van der Waals surface area contributed by atoms with Gasteiger partial charge >= 0.3 is 0 Å². The van der Waals surface area contributed by atoms with Crippen molar-refractivity contribution in [2.45, 2.75) is 38.8 Å². The molecule has 6 aromatic rings. The van der Waals surface area contributed by atoms with Crippen molar-refractivity contribution < 1.29 is 12.8 Å². The van der Waals surface area contributed by atoms with Crippen molar-refractivity contribution in [2.24, 2.45) is 5.92 Å². The van der Waals surface area contributed by atoms with Crippen molar-refractivity contribution in [3.05, 3.63) is 84.2 Å². The molecule has 230 valence electrons. The van der Waals surface area contributed by atoms with E-state index < -0.39 is 15.8 Å². The molecule has 45 heavy (non-hydrogen) atoms. The van der Waals surface area contributed by atoms with E-state index in [1.807, 2.05) is 30.7 Å². The Balaban J connectivity index is 1.19. The standard InChI is InChI=1S/C33H33FN8O2S/c1-45(43,44)39-17-21-8-23(11-26(34)10-21)27-6-7-37-32-28(27)13-30(40-32)31-29-12-25(19-38-33(29)42-41-31)24-9-22(16-36-18-24)15-35-14-20-4-2-3-5-20/h6-13,16,18-20,35,39H,2-5,14-15,17H2,1H3,(H,37,40)(H,38,41,42). The highest BCUT2D eigenvalue weighted by Gasteiger charge is 2.17. The molecule has 7 rings (SSSR count). The van der Waals surface area contributed by atoms with Crippen LogP contribution in [0.4, 0.5) is 4.39 Å². The Morgan fingerprint density at radius 3 is 2.58 bits per heavy atom. The monoisotopic (exact) mass is 624 g/mol. The number of hydrogen-bond donors (Lipinski definition) is 4. The van der Waals surface area contributed by atoms with Gasteiger partial charge in [-0.25, -0.2) is 27.5 Å². The van der Waals surface area contributed by atoms with Crippen LogP contribution in [0.1, 0.15) is 36.8 Å². The molecular weight excluding hydrogens is 591 g/mol. The second kappa shape index (κ2) is 12.1. The highest BCUT2D eigenvalue weighted by molar-refractivity contribution is 7.88. The number of H-pyrrole nitrogens is 2. The molecule has 5 aromatic heterocycles. The third-order valence-electron chi connectivity index (χ3n) is 8.38. The number of aromatic amines is 2. The largest absolute Gasteiger partial charge is 0.338 e. The van der Waals surface area contributed by atoms with Crippen LogP contribution in [0.25, 0.3) is 55.7 Å². The summed E-state index contributed by atoms with van der Waals surface area (Å²) in [4.78, 5) is 17.0. The van der Waals surface area contributed by atoms with Crippen LogP contribution in [-0.4, -0.2) is 51.4 Å². The Labute approximate surface area is 260 Å². The smallest absolute Gasteiger partial charge is 0.209 e. The molecule has 1 fully saturated rings. The molecule has 4 N–H and O–H groups in total. The Hall–Kier alpha value is -4.52. The molecule has 0 spiro atoms. The lowest BCUT2D eigenvalue weighted by Gasteiger charge is -2.11. The quantitative estimate of drug-likeness (QED) is 0.153. The zero-order valence-electron chi connectivity index (χ0n) is 24.8. The number of pyridine rings is 3. The number of sulfonamides is 1. The molecule has 1 aliphatic carbocycles. The SMILES string of the molecule is CS(=O)(=O)NCc1cc(F)cc(-c2ccnc3[nH]c(-c4[nH]nc5ncc(-c6cncc(CNCC7CCCC7)c6)cc45)cc23)c1. The molecule has 12 heteroatoms. The second-order valence-corrected chi connectivity index (χ2v) is 13.6. The maximum atomic E-state index is 14.6. The Kier molecular flexibility index (Phi) is 7.86. The zero-order chi connectivity index (χ0) is 31.0. The van der Waals surface area contributed by atoms with Crippen LogP contribution < -0.4 is 10.0 Å². The van der Waals surface area contributed by atoms with E-state index in [4.69, 9.17) is 0 Å². The minimum absolute atomic E-state index is 0.0128. The van der Waals surface area contributed by atoms with Crippen LogP contribution in [0, 0.1) is 11.7 Å². The molecule has 10 nitrogen and oxygen atoms in total. The molecular formula is C33H33FN8O2S. The van der Waals surface area contributed by atoms with Crippen molar-refractivity contribution >= 4 is 32.1 Å². The van der Waals surface area contributed by atoms with E-state index >= 15 is 0 Å². The number of nitrogens with zero attached hydrogens (tertiary/aromatic N) is 4. The van der Waals surface area contributed by atoms with Crippen LogP contribution in [0.5, 0.6) is 0 Å². The fourth-order valence-electron chi connectivity index (χ4n) is 6.18. The van der Waals surface area contributed by atoms with Crippen LogP contribution in [0.3, 0.4) is 0 Å². The molecule has 1 saturated carbocycles. The van der Waals surface area contributed by atoms with Crippen molar-refractivity contribution in [2.75, 3.05) is 12.8 Å². The van der Waals surface area contributed by atoms with Gasteiger partial charge in [-0.1, -0.05) is 12.8 Å². The number of hydrogen-bond acceptors (Lipinski definition) is 7. The first-order chi connectivity index (χ1) is 21.8. The van der Waals surface area contributed by atoms with Gasteiger partial charge in [0.05, 0.1) is 17.6 Å². The molecule has 0 bridgehead atoms. The third kappa shape index (κ3) is 6.48. The van der Waals surface area contributed by atoms with Gasteiger partial charge in [0.15, 0.2) is 5.65 Å². The van der Waals surface area contributed by atoms with Crippen molar-refractivity contribution in [3.63, 3.8) is 0 Å². The average Bonchev–Trinajstić information content (AvgIpc) is 3.79. The number of aromatic nitrogens is 6. The predicted molar refractivity (Wildman–Crippen MR) is 173 cm³/mol. The van der Waals surface area contributed by atoms with Gasteiger partial charge in [0.2, 0.25) is 10.0 Å². The first-order valence-electron chi connectivity index (χ1n) is 15.0. The minimum Gasteiger partial charge on any atom is -0.338 e. The highest BCUT2D eigenvalue weighted by Crippen LogP contribution is 2.34. The van der Waals surface area contributed by atoms with E-state index in [9.17, 15) is 12.8 Å². The van der Waals surface area contributed by atoms with Gasteiger partial charge in [-0.2, -0.15) is 5.10 Å². The van der Waals surface area contributed by atoms with Crippen LogP contribution in [0.2, 0.25) is 0 Å². The maximum absolute atomic E-state index is 14.6. The lowest BCUT2D eigenvalue weighted by molar-refractivity contribution is 0.489. The molecule has 1 aliphatic rings. The number of halogens is 1. The van der Waals surface area contributed by atoms with Crippen LogP contribution in [0.15, 0.2) is 67.3 Å². The summed E-state index contributed by atoms with van der Waals surface area (Å²) in [6, 6.07) is 12.5. The number of fused-ring (bicyclic) bond motifs is 2. The lowest BCUT2D eigenvalue weighted by Crippen LogP contribution is -2.21. The Bertz CT molecular complexity index is 2120. The normalized spacial score (nSPS) is 14.2. The molecule has 5 heterocycles. The molecule has 0 unspecified atom stereocenters. The summed E-state index contributed by atoms with van der Waals surface area (Å²) in [7, 11) is -3.43. The van der Waals surface area contributed by atoms with Gasteiger partial charge in [0.1, 0.15) is 11.5 Å². The van der Waals surface area contributed by atoms with Crippen molar-refractivity contribution in [1.29, 1.82) is 0 Å². The van der Waals surface area contributed by atoms with E-state index in [0.29, 0.717) is 22.4 Å². The summed E-state index contributed by atoms with van der Waals surface area (Å²) in [5.41, 5.74) is 7.62. The molecule has 0 radical (unpaired) electrons. The van der Waals surface area contributed by atoms with Gasteiger partial charge < -0.3 is 10.3 Å². The average molecular weight is 625 g/mol. The van der Waals surface area contributed by atoms with E-state index in [0.717, 1.165) is 69.7 Å². The number of nitrogens with one attached hydrogen (secondary N) is 4. The first-order valence-corrected chi connectivity index (χ1v) is 16.9. The second-order valence-electron chi connectivity index (χ2n) is 11.8. The summed E-state index contributed by atoms with van der Waals surface area (Å²) in [5, 5.41) is 12.8. The van der Waals surface area contributed by atoms with Crippen molar-refractivity contribution in [3.8, 4) is 33.6 Å². The lowest BCUT2D eigenvalue weighted by atomic mass is 10.0. The van der Waals surface area contributed by atoms with Gasteiger partial charge in [0, 0.05) is 59.8 Å². The van der Waals surface area contributed by atoms with Gasteiger partial charge in [-0.15, -0.1) is 0 Å². The fourth-order valence-corrected chi connectivity index (χ4v) is 6.60. The van der Waals surface area contributed by atoms with E-state index in [2.05, 4.69) is 52.3 Å². The van der Waals surface area contributed by atoms with Gasteiger partial charge in [-0.3, -0.25) is 10.1 Å². The Morgan fingerprint density at radius 1 is 0.911 bits per heavy atom. The maximum Gasteiger partial charge on any atom is 0.209 e. The fraction of sp³-hybridized carbons (Fsp3) is 0.273. The highest BCUT2D eigenvalue weighted by atomic mass is 32.2. The van der Waals surface area contributed by atoms with E-state index in [1.165, 1.54) is 37.8 Å². The number of rotatable bonds is 10. The summed E-state index contributed by atoms with van der Waals surface area (Å²) in [6.45, 7) is 1.80. The summed E-state index contributed by atoms with van der Waals surface area (Å²) < 4.78 is 40.2. The van der Waals surface area contributed by atoms with Gasteiger partial charge in [0.25, 0.3) is 0 Å². The zero-order valence-corrected chi connectivity index (χ0v) is 25.6. The first kappa shape index (κ1) is 29.2. The Morgan fingerprint density at radius 2 is 1.73 bits per heavy atom. The topological polar surface area (TPSA) is 141 Å². The molecule has 0 amide bonds. The van der Waals surface area contributed by atoms with Crippen LogP contribution in [-0.2, 0) is 23.1 Å². The van der Waals surface area contributed by atoms with Crippen LogP contribution >= 0.6 is 0 Å². The third-order valence-corrected chi connectivity index (χ3v) is 9.05. The van der Waals surface area contributed by atoms with Crippen molar-refractivity contribution in [1.82, 2.24) is 40.2 Å². The summed E-state index contributed by atoms with van der Waals surface area (Å²) in [5.74, 6) is 0.318.